The van der Waals surface area contributed by atoms with E-state index in [1.165, 1.54) is 6.21 Å². The van der Waals surface area contributed by atoms with E-state index < -0.39 is 0 Å². The van der Waals surface area contributed by atoms with Gasteiger partial charge in [0.1, 0.15) is 5.52 Å². The van der Waals surface area contributed by atoms with Crippen molar-refractivity contribution in [2.45, 2.75) is 6.92 Å². The predicted octanol–water partition coefficient (Wildman–Crippen LogP) is 2.71. The van der Waals surface area contributed by atoms with Crippen LogP contribution in [0.4, 0.5) is 0 Å². The highest BCUT2D eigenvalue weighted by atomic mass is 79.9. The molecule has 0 saturated heterocycles. The van der Waals surface area contributed by atoms with Gasteiger partial charge in [-0.05, 0) is 28.1 Å². The molecule has 1 aromatic carbocycles. The summed E-state index contributed by atoms with van der Waals surface area (Å²) in [6, 6.07) is 3.62. The van der Waals surface area contributed by atoms with Crippen LogP contribution in [-0.4, -0.2) is 16.4 Å². The Bertz CT molecular complexity index is 505. The highest BCUT2D eigenvalue weighted by Crippen LogP contribution is 2.26. The van der Waals surface area contributed by atoms with E-state index in [1.54, 1.807) is 13.0 Å². The monoisotopic (exact) mass is 254 g/mol. The van der Waals surface area contributed by atoms with Gasteiger partial charge in [0.2, 0.25) is 0 Å². The highest BCUT2D eigenvalue weighted by Gasteiger charge is 2.09. The van der Waals surface area contributed by atoms with Crippen LogP contribution in [0.15, 0.2) is 26.2 Å². The molecule has 72 valence electrons. The molecule has 2 aromatic rings. The van der Waals surface area contributed by atoms with E-state index in [4.69, 9.17) is 9.62 Å². The summed E-state index contributed by atoms with van der Waals surface area (Å²) in [7, 11) is 0. The quantitative estimate of drug-likeness (QED) is 0.484. The number of hydrogen-bond acceptors (Lipinski definition) is 4. The summed E-state index contributed by atoms with van der Waals surface area (Å²) in [6.45, 7) is 1.77. The van der Waals surface area contributed by atoms with Crippen LogP contribution in [0.5, 0.6) is 0 Å². The van der Waals surface area contributed by atoms with E-state index in [-0.39, 0.29) is 0 Å². The minimum Gasteiger partial charge on any atom is -0.440 e. The fourth-order valence-corrected chi connectivity index (χ4v) is 1.67. The first-order valence-corrected chi connectivity index (χ1v) is 4.75. The molecule has 0 aliphatic rings. The molecule has 14 heavy (non-hydrogen) atoms. The van der Waals surface area contributed by atoms with Crippen molar-refractivity contribution in [3.05, 3.63) is 28.1 Å². The number of aryl methyl sites for hydroxylation is 1. The van der Waals surface area contributed by atoms with Gasteiger partial charge in [-0.15, -0.1) is 0 Å². The number of hydrogen-bond donors (Lipinski definition) is 1. The first-order chi connectivity index (χ1) is 6.72. The summed E-state index contributed by atoms with van der Waals surface area (Å²) >= 11 is 3.35. The van der Waals surface area contributed by atoms with Gasteiger partial charge in [0.05, 0.1) is 10.7 Å². The lowest BCUT2D eigenvalue weighted by Gasteiger charge is -1.94. The molecule has 5 heteroatoms. The van der Waals surface area contributed by atoms with Gasteiger partial charge >= 0.3 is 0 Å². The van der Waals surface area contributed by atoms with Gasteiger partial charge in [0.25, 0.3) is 0 Å². The zero-order valence-electron chi connectivity index (χ0n) is 7.36. The van der Waals surface area contributed by atoms with Crippen molar-refractivity contribution >= 4 is 33.2 Å². The van der Waals surface area contributed by atoms with Gasteiger partial charge in [0.15, 0.2) is 11.5 Å². The second-order valence-corrected chi connectivity index (χ2v) is 3.65. The second-order valence-electron chi connectivity index (χ2n) is 2.79. The van der Waals surface area contributed by atoms with Gasteiger partial charge in [-0.3, -0.25) is 0 Å². The smallest absolute Gasteiger partial charge is 0.192 e. The number of rotatable bonds is 1. The summed E-state index contributed by atoms with van der Waals surface area (Å²) in [6.07, 6.45) is 1.33. The molecule has 1 N–H and O–H groups in total. The average molecular weight is 255 g/mol. The van der Waals surface area contributed by atoms with Gasteiger partial charge in [-0.2, -0.15) is 0 Å². The zero-order chi connectivity index (χ0) is 10.1. The molecule has 0 aliphatic heterocycles. The van der Waals surface area contributed by atoms with Crippen LogP contribution in [0.3, 0.4) is 0 Å². The number of nitrogens with zero attached hydrogens (tertiary/aromatic N) is 2. The van der Waals surface area contributed by atoms with Gasteiger partial charge < -0.3 is 9.62 Å². The standard InChI is InChI=1S/C9H7BrN2O2/c1-5-12-8-6(4-11-13)2-3-7(10)9(8)14-5/h2-4,13H,1H3/b11-4+. The molecule has 4 nitrogen and oxygen atoms in total. The van der Waals surface area contributed by atoms with E-state index in [2.05, 4.69) is 26.1 Å². The molecule has 0 atom stereocenters. The molecule has 0 unspecified atom stereocenters. The molecule has 1 aromatic heterocycles. The molecule has 1 heterocycles. The fraction of sp³-hybridized carbons (Fsp3) is 0.111. The second kappa shape index (κ2) is 3.42. The summed E-state index contributed by atoms with van der Waals surface area (Å²) in [5, 5.41) is 11.4. The average Bonchev–Trinajstić information content (AvgIpc) is 2.53. The van der Waals surface area contributed by atoms with Crippen LogP contribution < -0.4 is 0 Å². The van der Waals surface area contributed by atoms with E-state index >= 15 is 0 Å². The summed E-state index contributed by atoms with van der Waals surface area (Å²) in [5.74, 6) is 0.583. The van der Waals surface area contributed by atoms with E-state index in [1.807, 2.05) is 6.07 Å². The number of oxime groups is 1. The Kier molecular flexibility index (Phi) is 2.25. The van der Waals surface area contributed by atoms with Gasteiger partial charge in [-0.25, -0.2) is 4.98 Å². The lowest BCUT2D eigenvalue weighted by molar-refractivity contribution is 0.322. The Balaban J connectivity index is 2.80. The Labute approximate surface area is 88.4 Å². The molecule has 0 spiro atoms. The minimum absolute atomic E-state index is 0.583. The SMILES string of the molecule is Cc1nc2c(/C=N/O)ccc(Br)c2o1. The van der Waals surface area contributed by atoms with Crippen LogP contribution in [0.25, 0.3) is 11.1 Å². The topological polar surface area (TPSA) is 58.6 Å². The highest BCUT2D eigenvalue weighted by molar-refractivity contribution is 9.10. The van der Waals surface area contributed by atoms with Crippen molar-refractivity contribution in [1.82, 2.24) is 4.98 Å². The number of halogens is 1. The maximum atomic E-state index is 8.45. The van der Waals surface area contributed by atoms with Crippen LogP contribution >= 0.6 is 15.9 Å². The predicted molar refractivity (Wildman–Crippen MR) is 55.8 cm³/mol. The molecule has 0 aliphatic carbocycles. The van der Waals surface area contributed by atoms with Crippen LogP contribution in [0.2, 0.25) is 0 Å². The van der Waals surface area contributed by atoms with Crippen molar-refractivity contribution in [3.63, 3.8) is 0 Å². The first-order valence-electron chi connectivity index (χ1n) is 3.95. The maximum Gasteiger partial charge on any atom is 0.192 e. The molecular formula is C9H7BrN2O2. The van der Waals surface area contributed by atoms with Crippen molar-refractivity contribution in [1.29, 1.82) is 0 Å². The fourth-order valence-electron chi connectivity index (χ4n) is 1.27. The molecule has 0 radical (unpaired) electrons. The van der Waals surface area contributed by atoms with Crippen molar-refractivity contribution in [2.24, 2.45) is 5.16 Å². The maximum absolute atomic E-state index is 8.45. The normalized spacial score (nSPS) is 11.6. The lowest BCUT2D eigenvalue weighted by atomic mass is 10.2. The lowest BCUT2D eigenvalue weighted by Crippen LogP contribution is -1.84. The molecule has 0 fully saturated rings. The van der Waals surface area contributed by atoms with Gasteiger partial charge in [-0.1, -0.05) is 5.16 Å². The molecule has 2 rings (SSSR count). The van der Waals surface area contributed by atoms with E-state index in [9.17, 15) is 0 Å². The third-order valence-corrected chi connectivity index (χ3v) is 2.45. The Morgan fingerprint density at radius 1 is 1.57 bits per heavy atom. The number of fused-ring (bicyclic) bond motifs is 1. The zero-order valence-corrected chi connectivity index (χ0v) is 8.95. The van der Waals surface area contributed by atoms with Gasteiger partial charge in [0, 0.05) is 12.5 Å². The summed E-state index contributed by atoms with van der Waals surface area (Å²) < 4.78 is 6.22. The summed E-state index contributed by atoms with van der Waals surface area (Å²) in [5.41, 5.74) is 2.08. The molecule has 0 bridgehead atoms. The largest absolute Gasteiger partial charge is 0.440 e. The third kappa shape index (κ3) is 1.39. The summed E-state index contributed by atoms with van der Waals surface area (Å²) in [4.78, 5) is 4.19. The number of aromatic nitrogens is 1. The number of benzene rings is 1. The number of oxazole rings is 1. The van der Waals surface area contributed by atoms with Crippen LogP contribution in [0, 0.1) is 6.92 Å². The van der Waals surface area contributed by atoms with Crippen molar-refractivity contribution in [2.75, 3.05) is 0 Å². The van der Waals surface area contributed by atoms with E-state index in [0.717, 1.165) is 10.0 Å². The molecule has 0 amide bonds. The van der Waals surface area contributed by atoms with Crippen LogP contribution in [0.1, 0.15) is 11.5 Å². The molecular weight excluding hydrogens is 248 g/mol. The third-order valence-electron chi connectivity index (χ3n) is 1.83. The first kappa shape index (κ1) is 9.21. The Morgan fingerprint density at radius 2 is 2.36 bits per heavy atom. The molecule has 0 saturated carbocycles. The van der Waals surface area contributed by atoms with Crippen LogP contribution in [-0.2, 0) is 0 Å². The van der Waals surface area contributed by atoms with Crippen molar-refractivity contribution < 1.29 is 9.62 Å². The van der Waals surface area contributed by atoms with Crippen molar-refractivity contribution in [3.8, 4) is 0 Å². The van der Waals surface area contributed by atoms with E-state index in [0.29, 0.717) is 17.0 Å². The minimum atomic E-state index is 0.583. The Hall–Kier alpha value is -1.36. The Morgan fingerprint density at radius 3 is 3.07 bits per heavy atom.